The molecule has 2 aromatic carbocycles. The molecule has 0 fully saturated rings. The van der Waals surface area contributed by atoms with E-state index in [2.05, 4.69) is 16.1 Å². The van der Waals surface area contributed by atoms with E-state index in [-0.39, 0.29) is 0 Å². The lowest BCUT2D eigenvalue weighted by molar-refractivity contribution is 0.0379. The molecule has 4 rings (SSSR count). The SMILES string of the molecule is Cc1cc(C)c2[nH]cc3c(=O)n(OC(=O)c4ccccc4)nc-3c2c1. The highest BCUT2D eigenvalue weighted by Gasteiger charge is 2.21. The van der Waals surface area contributed by atoms with E-state index in [1.807, 2.05) is 19.9 Å². The standard InChI is InChI=1S/C19H15N3O3/c1-11-8-12(2)16-14(9-11)17-15(10-20-16)18(23)22(21-17)25-19(24)13-6-4-3-5-7-13/h3-10,20H,1-2H3. The van der Waals surface area contributed by atoms with Gasteiger partial charge in [0.1, 0.15) is 5.69 Å². The first-order valence-electron chi connectivity index (χ1n) is 7.83. The number of pyridine rings is 1. The molecular formula is C19H15N3O3. The molecule has 0 spiro atoms. The maximum atomic E-state index is 12.5. The number of carbonyl (C=O) groups excluding carboxylic acids is 1. The smallest absolute Gasteiger partial charge is 0.360 e. The summed E-state index contributed by atoms with van der Waals surface area (Å²) in [7, 11) is 0. The van der Waals surface area contributed by atoms with E-state index in [0.29, 0.717) is 16.8 Å². The molecule has 2 aliphatic rings. The largest absolute Gasteiger partial charge is 0.365 e. The van der Waals surface area contributed by atoms with Crippen LogP contribution < -0.4 is 10.4 Å². The lowest BCUT2D eigenvalue weighted by atomic mass is 10.0. The minimum atomic E-state index is -0.633. The average molecular weight is 333 g/mol. The Labute approximate surface area is 143 Å². The third-order valence-corrected chi connectivity index (χ3v) is 4.12. The van der Waals surface area contributed by atoms with Gasteiger partial charge in [0.15, 0.2) is 0 Å². The molecule has 0 radical (unpaired) electrons. The lowest BCUT2D eigenvalue weighted by Gasteiger charge is -2.07. The third-order valence-electron chi connectivity index (χ3n) is 4.12. The first-order valence-corrected chi connectivity index (χ1v) is 7.83. The molecule has 0 atom stereocenters. The van der Waals surface area contributed by atoms with Gasteiger partial charge in [-0.1, -0.05) is 29.8 Å². The molecule has 25 heavy (non-hydrogen) atoms. The summed E-state index contributed by atoms with van der Waals surface area (Å²) in [5.41, 5.74) is 3.78. The highest BCUT2D eigenvalue weighted by molar-refractivity contribution is 5.95. The van der Waals surface area contributed by atoms with Crippen molar-refractivity contribution in [3.05, 3.63) is 75.7 Å². The van der Waals surface area contributed by atoms with Crippen LogP contribution in [-0.2, 0) is 0 Å². The van der Waals surface area contributed by atoms with E-state index in [0.717, 1.165) is 26.9 Å². The van der Waals surface area contributed by atoms with Gasteiger partial charge in [-0.05, 0) is 42.5 Å². The van der Waals surface area contributed by atoms with Gasteiger partial charge in [-0.3, -0.25) is 4.79 Å². The molecule has 0 aliphatic carbocycles. The Balaban J connectivity index is 1.85. The minimum absolute atomic E-state index is 0.351. The molecule has 6 heteroatoms. The summed E-state index contributed by atoms with van der Waals surface area (Å²) in [4.78, 5) is 33.8. The zero-order chi connectivity index (χ0) is 17.6. The van der Waals surface area contributed by atoms with Crippen molar-refractivity contribution in [3.63, 3.8) is 0 Å². The number of carbonyl (C=O) groups is 1. The highest BCUT2D eigenvalue weighted by atomic mass is 16.7. The summed E-state index contributed by atoms with van der Waals surface area (Å²) < 4.78 is 0. The van der Waals surface area contributed by atoms with Gasteiger partial charge in [0.05, 0.1) is 16.6 Å². The van der Waals surface area contributed by atoms with E-state index in [4.69, 9.17) is 4.84 Å². The third kappa shape index (κ3) is 2.48. The molecule has 124 valence electrons. The summed E-state index contributed by atoms with van der Waals surface area (Å²) in [6, 6.07) is 12.5. The fourth-order valence-electron chi connectivity index (χ4n) is 2.98. The number of hydrogen-bond donors (Lipinski definition) is 1. The molecule has 2 aliphatic heterocycles. The van der Waals surface area contributed by atoms with Crippen LogP contribution in [0, 0.1) is 13.8 Å². The topological polar surface area (TPSA) is 77.0 Å². The second-order valence-corrected chi connectivity index (χ2v) is 5.98. The van der Waals surface area contributed by atoms with Crippen molar-refractivity contribution >= 4 is 16.9 Å². The van der Waals surface area contributed by atoms with Gasteiger partial charge in [0.2, 0.25) is 0 Å². The van der Waals surface area contributed by atoms with Gasteiger partial charge in [0, 0.05) is 11.6 Å². The molecule has 2 heterocycles. The van der Waals surface area contributed by atoms with Gasteiger partial charge >= 0.3 is 11.5 Å². The molecule has 6 nitrogen and oxygen atoms in total. The van der Waals surface area contributed by atoms with Gasteiger partial charge < -0.3 is 9.82 Å². The van der Waals surface area contributed by atoms with Crippen LogP contribution in [0.25, 0.3) is 22.2 Å². The Morgan fingerprint density at radius 2 is 1.92 bits per heavy atom. The van der Waals surface area contributed by atoms with Crippen molar-refractivity contribution in [2.45, 2.75) is 13.8 Å². The monoisotopic (exact) mass is 333 g/mol. The van der Waals surface area contributed by atoms with Crippen molar-refractivity contribution in [1.82, 2.24) is 14.9 Å². The zero-order valence-corrected chi connectivity index (χ0v) is 13.7. The number of aryl methyl sites for hydroxylation is 2. The quantitative estimate of drug-likeness (QED) is 0.612. The zero-order valence-electron chi connectivity index (χ0n) is 13.7. The normalized spacial score (nSPS) is 11.1. The number of hydrogen-bond acceptors (Lipinski definition) is 4. The number of rotatable bonds is 2. The molecule has 0 aromatic heterocycles. The predicted molar refractivity (Wildman–Crippen MR) is 93.8 cm³/mol. The van der Waals surface area contributed by atoms with Crippen molar-refractivity contribution in [2.75, 3.05) is 0 Å². The summed E-state index contributed by atoms with van der Waals surface area (Å²) >= 11 is 0. The van der Waals surface area contributed by atoms with Crippen LogP contribution in [0.5, 0.6) is 0 Å². The lowest BCUT2D eigenvalue weighted by Crippen LogP contribution is -2.29. The Morgan fingerprint density at radius 3 is 2.68 bits per heavy atom. The summed E-state index contributed by atoms with van der Waals surface area (Å²) in [6.07, 6.45) is 1.60. The molecule has 0 bridgehead atoms. The van der Waals surface area contributed by atoms with Crippen molar-refractivity contribution in [1.29, 1.82) is 0 Å². The first-order chi connectivity index (χ1) is 12.0. The summed E-state index contributed by atoms with van der Waals surface area (Å²) in [6.45, 7) is 3.97. The molecule has 1 N–H and O–H groups in total. The van der Waals surface area contributed by atoms with Gasteiger partial charge in [0.25, 0.3) is 0 Å². The Bertz CT molecular complexity index is 1130. The Hall–Kier alpha value is -3.41. The molecular weight excluding hydrogens is 318 g/mol. The Morgan fingerprint density at radius 1 is 1.16 bits per heavy atom. The van der Waals surface area contributed by atoms with E-state index in [1.54, 1.807) is 36.5 Å². The number of nitrogens with zero attached hydrogens (tertiary/aromatic N) is 2. The maximum Gasteiger partial charge on any atom is 0.365 e. The number of aromatic amines is 1. The maximum absolute atomic E-state index is 12.5. The van der Waals surface area contributed by atoms with E-state index < -0.39 is 11.5 Å². The van der Waals surface area contributed by atoms with Crippen LogP contribution in [0.2, 0.25) is 0 Å². The van der Waals surface area contributed by atoms with Gasteiger partial charge in [-0.25, -0.2) is 4.79 Å². The van der Waals surface area contributed by atoms with Crippen molar-refractivity contribution in [2.24, 2.45) is 0 Å². The van der Waals surface area contributed by atoms with Crippen LogP contribution in [0.15, 0.2) is 53.5 Å². The molecule has 0 saturated heterocycles. The molecule has 0 saturated carbocycles. The van der Waals surface area contributed by atoms with Crippen LogP contribution in [0.4, 0.5) is 0 Å². The number of nitrogens with one attached hydrogen (secondary N) is 1. The Kier molecular flexibility index (Phi) is 3.39. The summed E-state index contributed by atoms with van der Waals surface area (Å²) in [5.74, 6) is -0.633. The van der Waals surface area contributed by atoms with Crippen LogP contribution in [0.1, 0.15) is 21.5 Å². The van der Waals surface area contributed by atoms with E-state index in [1.165, 1.54) is 0 Å². The number of H-pyrrole nitrogens is 1. The summed E-state index contributed by atoms with van der Waals surface area (Å²) in [5, 5.41) is 5.05. The highest BCUT2D eigenvalue weighted by Crippen LogP contribution is 2.28. The van der Waals surface area contributed by atoms with E-state index in [9.17, 15) is 9.59 Å². The second kappa shape index (κ2) is 5.59. The molecule has 0 amide bonds. The van der Waals surface area contributed by atoms with Gasteiger partial charge in [-0.2, -0.15) is 0 Å². The second-order valence-electron chi connectivity index (χ2n) is 5.98. The fraction of sp³-hybridized carbons (Fsp3) is 0.105. The number of aromatic nitrogens is 3. The minimum Gasteiger partial charge on any atom is -0.360 e. The molecule has 0 unspecified atom stereocenters. The van der Waals surface area contributed by atoms with Crippen LogP contribution in [-0.4, -0.2) is 20.9 Å². The van der Waals surface area contributed by atoms with Crippen LogP contribution >= 0.6 is 0 Å². The van der Waals surface area contributed by atoms with E-state index >= 15 is 0 Å². The average Bonchev–Trinajstić information content (AvgIpc) is 2.92. The molecule has 2 aromatic rings. The van der Waals surface area contributed by atoms with Crippen LogP contribution in [0.3, 0.4) is 0 Å². The van der Waals surface area contributed by atoms with Crippen molar-refractivity contribution in [3.8, 4) is 11.3 Å². The number of benzene rings is 2. The predicted octanol–water partition coefficient (Wildman–Crippen LogP) is 2.72. The number of fused-ring (bicyclic) bond motifs is 3. The van der Waals surface area contributed by atoms with Gasteiger partial charge in [-0.15, -0.1) is 5.10 Å². The van der Waals surface area contributed by atoms with Crippen molar-refractivity contribution < 1.29 is 9.63 Å². The first kappa shape index (κ1) is 15.1. The fourth-order valence-corrected chi connectivity index (χ4v) is 2.98.